The van der Waals surface area contributed by atoms with Crippen LogP contribution in [-0.2, 0) is 0 Å². The van der Waals surface area contributed by atoms with Gasteiger partial charge in [-0.3, -0.25) is 4.79 Å². The highest BCUT2D eigenvalue weighted by molar-refractivity contribution is 9.10. The van der Waals surface area contributed by atoms with E-state index in [1.54, 1.807) is 12.1 Å². The summed E-state index contributed by atoms with van der Waals surface area (Å²) >= 11 is 9.10. The molecule has 0 saturated carbocycles. The molecule has 1 amide bonds. The van der Waals surface area contributed by atoms with Gasteiger partial charge >= 0.3 is 0 Å². The number of carbonyl (C=O) groups excluding carboxylic acids is 1. The Morgan fingerprint density at radius 1 is 1.23 bits per heavy atom. The van der Waals surface area contributed by atoms with Gasteiger partial charge in [0.15, 0.2) is 0 Å². The van der Waals surface area contributed by atoms with Gasteiger partial charge in [0.25, 0.3) is 5.91 Å². The first-order chi connectivity index (χ1) is 12.5. The Hall–Kier alpha value is -2.57. The fraction of sp³-hybridized carbons (Fsp3) is 0.0526. The number of hydrogen-bond acceptors (Lipinski definition) is 4. The number of carbonyl (C=O) groups is 1. The van der Waals surface area contributed by atoms with Crippen LogP contribution in [0.4, 0.5) is 0 Å². The minimum absolute atomic E-state index is 0.0475. The summed E-state index contributed by atoms with van der Waals surface area (Å²) in [4.78, 5) is 12.5. The predicted octanol–water partition coefficient (Wildman–Crippen LogP) is 4.73. The lowest BCUT2D eigenvalue weighted by atomic mass is 10.1. The molecule has 7 heteroatoms. The van der Waals surface area contributed by atoms with Gasteiger partial charge in [-0.2, -0.15) is 5.10 Å². The second-order valence-corrected chi connectivity index (χ2v) is 6.69. The summed E-state index contributed by atoms with van der Waals surface area (Å²) in [5.41, 5.74) is 3.47. The summed E-state index contributed by atoms with van der Waals surface area (Å²) in [5, 5.41) is 15.7. The van der Waals surface area contributed by atoms with E-state index in [4.69, 9.17) is 16.3 Å². The fourth-order valence-corrected chi connectivity index (χ4v) is 3.27. The van der Waals surface area contributed by atoms with Crippen LogP contribution in [0.3, 0.4) is 0 Å². The topological polar surface area (TPSA) is 70.9 Å². The maximum absolute atomic E-state index is 12.5. The van der Waals surface area contributed by atoms with Gasteiger partial charge in [-0.15, -0.1) is 0 Å². The minimum Gasteiger partial charge on any atom is -0.505 e. The first-order valence-corrected chi connectivity index (χ1v) is 8.75. The third-order valence-electron chi connectivity index (χ3n) is 3.73. The second kappa shape index (κ2) is 7.76. The number of nitrogens with zero attached hydrogens (tertiary/aromatic N) is 1. The molecule has 2 N–H and O–H groups in total. The highest BCUT2D eigenvalue weighted by Crippen LogP contribution is 2.32. The lowest BCUT2D eigenvalue weighted by Crippen LogP contribution is -2.18. The van der Waals surface area contributed by atoms with Crippen molar-refractivity contribution in [3.8, 4) is 11.5 Å². The summed E-state index contributed by atoms with van der Waals surface area (Å²) in [6.07, 6.45) is 1.43. The molecule has 0 aliphatic rings. The molecule has 3 aromatic rings. The molecule has 0 aliphatic carbocycles. The van der Waals surface area contributed by atoms with Crippen molar-refractivity contribution in [2.45, 2.75) is 0 Å². The van der Waals surface area contributed by atoms with E-state index in [1.165, 1.54) is 19.4 Å². The van der Waals surface area contributed by atoms with Crippen LogP contribution in [0, 0.1) is 0 Å². The lowest BCUT2D eigenvalue weighted by Gasteiger charge is -2.09. The smallest absolute Gasteiger partial charge is 0.275 e. The highest BCUT2D eigenvalue weighted by atomic mass is 79.9. The number of phenolic OH excluding ortho intramolecular Hbond substituents is 1. The Kier molecular flexibility index (Phi) is 5.44. The van der Waals surface area contributed by atoms with Crippen molar-refractivity contribution in [2.24, 2.45) is 5.10 Å². The van der Waals surface area contributed by atoms with E-state index < -0.39 is 5.91 Å². The number of benzene rings is 3. The Balaban J connectivity index is 1.83. The molecule has 0 atom stereocenters. The van der Waals surface area contributed by atoms with Crippen LogP contribution >= 0.6 is 27.5 Å². The van der Waals surface area contributed by atoms with Crippen molar-refractivity contribution in [1.29, 1.82) is 0 Å². The minimum atomic E-state index is -0.396. The fourth-order valence-electron chi connectivity index (χ4n) is 2.45. The average molecular weight is 434 g/mol. The standard InChI is InChI=1S/C19H14BrClN2O3/c1-26-17-9-13-5-3-2-4-12(13)8-14(17)19(25)23-22-10-11-6-15(20)18(24)16(21)7-11/h2-10,24H,1H3,(H,23,25)/b22-10+. The number of hydrogen-bond donors (Lipinski definition) is 2. The van der Waals surface area contributed by atoms with E-state index in [2.05, 4.69) is 26.5 Å². The molecule has 0 spiro atoms. The van der Waals surface area contributed by atoms with Crippen LogP contribution in [0.25, 0.3) is 10.8 Å². The zero-order valence-electron chi connectivity index (χ0n) is 13.7. The van der Waals surface area contributed by atoms with E-state index in [0.29, 0.717) is 21.3 Å². The molecule has 132 valence electrons. The van der Waals surface area contributed by atoms with Crippen molar-refractivity contribution < 1.29 is 14.6 Å². The Morgan fingerprint density at radius 2 is 1.92 bits per heavy atom. The van der Waals surface area contributed by atoms with Crippen LogP contribution in [0.5, 0.6) is 11.5 Å². The highest BCUT2D eigenvalue weighted by Gasteiger charge is 2.13. The molecule has 26 heavy (non-hydrogen) atoms. The zero-order valence-corrected chi connectivity index (χ0v) is 16.0. The third kappa shape index (κ3) is 3.81. The van der Waals surface area contributed by atoms with Crippen LogP contribution in [0.1, 0.15) is 15.9 Å². The maximum Gasteiger partial charge on any atom is 0.275 e. The van der Waals surface area contributed by atoms with Crippen LogP contribution in [0.2, 0.25) is 5.02 Å². The van der Waals surface area contributed by atoms with E-state index in [-0.39, 0.29) is 10.8 Å². The first kappa shape index (κ1) is 18.2. The molecular formula is C19H14BrClN2O3. The van der Waals surface area contributed by atoms with E-state index in [9.17, 15) is 9.90 Å². The SMILES string of the molecule is COc1cc2ccccc2cc1C(=O)N/N=C/c1cc(Cl)c(O)c(Br)c1. The maximum atomic E-state index is 12.5. The summed E-state index contributed by atoms with van der Waals surface area (Å²) < 4.78 is 5.76. The molecule has 0 aliphatic heterocycles. The van der Waals surface area contributed by atoms with Crippen LogP contribution < -0.4 is 10.2 Å². The molecule has 0 unspecified atom stereocenters. The van der Waals surface area contributed by atoms with Gasteiger partial charge < -0.3 is 9.84 Å². The van der Waals surface area contributed by atoms with Gasteiger partial charge in [0.1, 0.15) is 11.5 Å². The van der Waals surface area contributed by atoms with Gasteiger partial charge in [0.2, 0.25) is 0 Å². The zero-order chi connectivity index (χ0) is 18.7. The first-order valence-electron chi connectivity index (χ1n) is 7.58. The van der Waals surface area contributed by atoms with Crippen LogP contribution in [0.15, 0.2) is 58.1 Å². The number of phenols is 1. The number of ether oxygens (including phenoxy) is 1. The summed E-state index contributed by atoms with van der Waals surface area (Å²) in [6, 6.07) is 14.4. The number of aromatic hydroxyl groups is 1. The Labute approximate surface area is 163 Å². The number of methoxy groups -OCH3 is 1. The quantitative estimate of drug-likeness (QED) is 0.461. The van der Waals surface area contributed by atoms with Crippen molar-refractivity contribution in [1.82, 2.24) is 5.43 Å². The Bertz CT molecular complexity index is 998. The largest absolute Gasteiger partial charge is 0.505 e. The van der Waals surface area contributed by atoms with Gasteiger partial charge in [-0.05, 0) is 56.5 Å². The van der Waals surface area contributed by atoms with E-state index in [0.717, 1.165) is 10.8 Å². The number of halogens is 2. The van der Waals surface area contributed by atoms with Gasteiger partial charge in [0, 0.05) is 0 Å². The number of amides is 1. The predicted molar refractivity (Wildman–Crippen MR) is 106 cm³/mol. The molecule has 3 aromatic carbocycles. The number of rotatable bonds is 4. The molecule has 0 heterocycles. The van der Waals surface area contributed by atoms with E-state index in [1.807, 2.05) is 30.3 Å². The molecule has 0 saturated heterocycles. The van der Waals surface area contributed by atoms with Crippen molar-refractivity contribution in [3.05, 3.63) is 69.2 Å². The van der Waals surface area contributed by atoms with Gasteiger partial charge in [-0.1, -0.05) is 35.9 Å². The summed E-state index contributed by atoms with van der Waals surface area (Å²) in [5.74, 6) is 0.0216. The second-order valence-electron chi connectivity index (χ2n) is 5.43. The lowest BCUT2D eigenvalue weighted by molar-refractivity contribution is 0.0952. The van der Waals surface area contributed by atoms with Gasteiger partial charge in [-0.25, -0.2) is 5.43 Å². The molecular weight excluding hydrogens is 420 g/mol. The molecule has 0 aromatic heterocycles. The summed E-state index contributed by atoms with van der Waals surface area (Å²) in [6.45, 7) is 0. The average Bonchev–Trinajstić information content (AvgIpc) is 2.64. The third-order valence-corrected chi connectivity index (χ3v) is 4.62. The molecule has 5 nitrogen and oxygen atoms in total. The molecule has 0 bridgehead atoms. The monoisotopic (exact) mass is 432 g/mol. The number of nitrogens with one attached hydrogen (secondary N) is 1. The molecule has 0 radical (unpaired) electrons. The normalized spacial score (nSPS) is 11.0. The summed E-state index contributed by atoms with van der Waals surface area (Å²) in [7, 11) is 1.51. The molecule has 3 rings (SSSR count). The van der Waals surface area contributed by atoms with Crippen molar-refractivity contribution >= 4 is 50.4 Å². The number of hydrazone groups is 1. The van der Waals surface area contributed by atoms with Crippen LogP contribution in [-0.4, -0.2) is 24.3 Å². The Morgan fingerprint density at radius 3 is 2.58 bits per heavy atom. The van der Waals surface area contributed by atoms with Crippen molar-refractivity contribution in [2.75, 3.05) is 7.11 Å². The van der Waals surface area contributed by atoms with Gasteiger partial charge in [0.05, 0.1) is 28.4 Å². The van der Waals surface area contributed by atoms with Crippen molar-refractivity contribution in [3.63, 3.8) is 0 Å². The molecule has 0 fully saturated rings. The van der Waals surface area contributed by atoms with E-state index >= 15 is 0 Å². The number of fused-ring (bicyclic) bond motifs is 1.